The summed E-state index contributed by atoms with van der Waals surface area (Å²) in [7, 11) is 0. The summed E-state index contributed by atoms with van der Waals surface area (Å²) in [5, 5.41) is 20.2. The van der Waals surface area contributed by atoms with Gasteiger partial charge in [-0.05, 0) is 87.6 Å². The first-order valence-corrected chi connectivity index (χ1v) is 13.2. The molecule has 0 radical (unpaired) electrons. The van der Waals surface area contributed by atoms with E-state index in [0.717, 1.165) is 43.2 Å². The number of rotatable bonds is 5. The number of nitrogens with zero attached hydrogens (tertiary/aromatic N) is 4. The summed E-state index contributed by atoms with van der Waals surface area (Å²) in [5.41, 5.74) is 8.96. The lowest BCUT2D eigenvalue weighted by Gasteiger charge is -2.38. The number of hydrogen-bond donors (Lipinski definition) is 4. The minimum absolute atomic E-state index is 0.00380. The Balaban J connectivity index is 1.08. The minimum atomic E-state index is -0.889. The second kappa shape index (κ2) is 9.53. The molecule has 6 atom stereocenters. The van der Waals surface area contributed by atoms with Gasteiger partial charge in [0.15, 0.2) is 5.65 Å². The number of nitrogens with one attached hydrogen (secondary N) is 3. The first kappa shape index (κ1) is 23.5. The SMILES string of the molecule is Cc1cc(C2NNC3CCC(C(=O)N[C@@H]4CCC[C@@](O)(Cn5cc6cccnc6n5)C4)CC32)ccn1. The molecule has 1 amide bonds. The second-order valence-corrected chi connectivity index (χ2v) is 11.0. The number of fused-ring (bicyclic) bond motifs is 2. The Labute approximate surface area is 211 Å². The Hall–Kier alpha value is -2.88. The molecule has 6 rings (SSSR count). The maximum absolute atomic E-state index is 13.4. The number of aliphatic hydroxyl groups is 1. The Morgan fingerprint density at radius 3 is 3.00 bits per heavy atom. The summed E-state index contributed by atoms with van der Waals surface area (Å²) in [6.07, 6.45) is 11.3. The van der Waals surface area contributed by atoms with Crippen molar-refractivity contribution in [3.8, 4) is 0 Å². The molecule has 0 bridgehead atoms. The number of carbonyl (C=O) groups is 1. The molecule has 2 saturated carbocycles. The van der Waals surface area contributed by atoms with Gasteiger partial charge in [0.1, 0.15) is 0 Å². The van der Waals surface area contributed by atoms with E-state index in [2.05, 4.69) is 43.4 Å². The normalized spacial score (nSPS) is 32.3. The Morgan fingerprint density at radius 1 is 1.22 bits per heavy atom. The maximum Gasteiger partial charge on any atom is 0.223 e. The van der Waals surface area contributed by atoms with Gasteiger partial charge in [-0.2, -0.15) is 5.10 Å². The van der Waals surface area contributed by atoms with E-state index in [9.17, 15) is 9.90 Å². The van der Waals surface area contributed by atoms with Crippen molar-refractivity contribution in [2.75, 3.05) is 0 Å². The molecule has 3 aromatic rings. The van der Waals surface area contributed by atoms with E-state index in [1.165, 1.54) is 5.56 Å². The number of carbonyl (C=O) groups excluding carboxylic acids is 1. The summed E-state index contributed by atoms with van der Waals surface area (Å²) in [6, 6.07) is 8.62. The molecule has 9 heteroatoms. The van der Waals surface area contributed by atoms with E-state index >= 15 is 0 Å². The predicted octanol–water partition coefficient (Wildman–Crippen LogP) is 2.56. The van der Waals surface area contributed by atoms with Gasteiger partial charge < -0.3 is 10.4 Å². The summed E-state index contributed by atoms with van der Waals surface area (Å²) in [5.74, 6) is 0.492. The molecular weight excluding hydrogens is 454 g/mol. The summed E-state index contributed by atoms with van der Waals surface area (Å²) in [6.45, 7) is 2.42. The Kier molecular flexibility index (Phi) is 6.23. The minimum Gasteiger partial charge on any atom is -0.388 e. The third-order valence-electron chi connectivity index (χ3n) is 8.35. The molecule has 190 valence electrons. The fraction of sp³-hybridized carbons (Fsp3) is 0.556. The van der Waals surface area contributed by atoms with Gasteiger partial charge in [-0.15, -0.1) is 0 Å². The molecule has 3 aliphatic rings. The van der Waals surface area contributed by atoms with Gasteiger partial charge >= 0.3 is 0 Å². The van der Waals surface area contributed by atoms with Crippen molar-refractivity contribution in [2.45, 2.75) is 82.1 Å². The molecule has 2 aliphatic carbocycles. The van der Waals surface area contributed by atoms with Gasteiger partial charge in [0, 0.05) is 47.7 Å². The summed E-state index contributed by atoms with van der Waals surface area (Å²) >= 11 is 0. The Bertz CT molecular complexity index is 1210. The van der Waals surface area contributed by atoms with Crippen LogP contribution in [-0.2, 0) is 11.3 Å². The molecule has 9 nitrogen and oxygen atoms in total. The number of aromatic nitrogens is 4. The van der Waals surface area contributed by atoms with Crippen LogP contribution < -0.4 is 16.2 Å². The van der Waals surface area contributed by atoms with Gasteiger partial charge in [0.25, 0.3) is 0 Å². The number of amides is 1. The van der Waals surface area contributed by atoms with Gasteiger partial charge in [-0.3, -0.25) is 19.9 Å². The smallest absolute Gasteiger partial charge is 0.223 e. The molecule has 4 heterocycles. The van der Waals surface area contributed by atoms with Crippen molar-refractivity contribution >= 4 is 16.9 Å². The first-order valence-electron chi connectivity index (χ1n) is 13.2. The van der Waals surface area contributed by atoms with Gasteiger partial charge in [-0.25, -0.2) is 10.4 Å². The fourth-order valence-corrected chi connectivity index (χ4v) is 6.60. The quantitative estimate of drug-likeness (QED) is 0.435. The van der Waals surface area contributed by atoms with E-state index in [1.807, 2.05) is 31.5 Å². The van der Waals surface area contributed by atoms with Crippen LogP contribution in [0.4, 0.5) is 0 Å². The fourth-order valence-electron chi connectivity index (χ4n) is 6.60. The highest BCUT2D eigenvalue weighted by molar-refractivity contribution is 5.79. The van der Waals surface area contributed by atoms with Crippen LogP contribution in [0.2, 0.25) is 0 Å². The topological polar surface area (TPSA) is 117 Å². The zero-order valence-corrected chi connectivity index (χ0v) is 20.7. The van der Waals surface area contributed by atoms with Gasteiger partial charge in [0.05, 0.1) is 18.2 Å². The zero-order valence-electron chi connectivity index (χ0n) is 20.7. The van der Waals surface area contributed by atoms with Crippen LogP contribution in [-0.4, -0.2) is 48.4 Å². The predicted molar refractivity (Wildman–Crippen MR) is 135 cm³/mol. The molecule has 4 unspecified atom stereocenters. The third-order valence-corrected chi connectivity index (χ3v) is 8.35. The first-order chi connectivity index (χ1) is 17.5. The number of hydrazine groups is 1. The molecule has 3 fully saturated rings. The summed E-state index contributed by atoms with van der Waals surface area (Å²) < 4.78 is 1.80. The molecule has 1 saturated heterocycles. The van der Waals surface area contributed by atoms with Crippen molar-refractivity contribution in [1.82, 2.24) is 35.9 Å². The average molecular weight is 490 g/mol. The van der Waals surface area contributed by atoms with E-state index in [1.54, 1.807) is 10.9 Å². The highest BCUT2D eigenvalue weighted by Gasteiger charge is 2.43. The summed E-state index contributed by atoms with van der Waals surface area (Å²) in [4.78, 5) is 22.0. The van der Waals surface area contributed by atoms with Gasteiger partial charge in [0.2, 0.25) is 5.91 Å². The maximum atomic E-state index is 13.4. The molecule has 1 aliphatic heterocycles. The lowest BCUT2D eigenvalue weighted by molar-refractivity contribution is -0.128. The molecule has 0 spiro atoms. The highest BCUT2D eigenvalue weighted by atomic mass is 16.3. The van der Waals surface area contributed by atoms with Crippen molar-refractivity contribution in [2.24, 2.45) is 11.8 Å². The van der Waals surface area contributed by atoms with Crippen LogP contribution >= 0.6 is 0 Å². The van der Waals surface area contributed by atoms with Crippen LogP contribution in [0, 0.1) is 18.8 Å². The number of hydrogen-bond acceptors (Lipinski definition) is 7. The second-order valence-electron chi connectivity index (χ2n) is 11.0. The monoisotopic (exact) mass is 489 g/mol. The molecule has 4 N–H and O–H groups in total. The van der Waals surface area contributed by atoms with E-state index in [-0.39, 0.29) is 23.9 Å². The van der Waals surface area contributed by atoms with Crippen LogP contribution in [0.3, 0.4) is 0 Å². The van der Waals surface area contributed by atoms with Crippen molar-refractivity contribution in [1.29, 1.82) is 0 Å². The Morgan fingerprint density at radius 2 is 2.14 bits per heavy atom. The molecular formula is C27H35N7O2. The van der Waals surface area contributed by atoms with E-state index in [4.69, 9.17) is 0 Å². The van der Waals surface area contributed by atoms with Crippen LogP contribution in [0.15, 0.2) is 42.9 Å². The van der Waals surface area contributed by atoms with Crippen molar-refractivity contribution < 1.29 is 9.90 Å². The van der Waals surface area contributed by atoms with Crippen LogP contribution in [0.25, 0.3) is 11.0 Å². The zero-order chi connectivity index (χ0) is 24.7. The molecule has 36 heavy (non-hydrogen) atoms. The van der Waals surface area contributed by atoms with Crippen LogP contribution in [0.5, 0.6) is 0 Å². The number of aryl methyl sites for hydroxylation is 1. The van der Waals surface area contributed by atoms with Crippen molar-refractivity contribution in [3.63, 3.8) is 0 Å². The molecule has 0 aromatic carbocycles. The van der Waals surface area contributed by atoms with E-state index < -0.39 is 5.60 Å². The van der Waals surface area contributed by atoms with E-state index in [0.29, 0.717) is 37.0 Å². The largest absolute Gasteiger partial charge is 0.388 e. The number of pyridine rings is 2. The van der Waals surface area contributed by atoms with Crippen LogP contribution in [0.1, 0.15) is 62.2 Å². The standard InChI is InChI=1S/C27H35N7O2/c1-17-12-18(8-11-28-17)24-22-13-19(6-7-23(22)31-32-24)26(35)30-21-5-2-9-27(36,14-21)16-34-15-20-4-3-10-29-25(20)33-34/h3-4,8,10-12,15,19,21-24,31-32,36H,2,5-7,9,13-14,16H2,1H3,(H,30,35)/t19?,21-,22?,23?,24?,27+/m1/s1. The third kappa shape index (κ3) is 4.75. The lowest BCUT2D eigenvalue weighted by Crippen LogP contribution is -2.50. The van der Waals surface area contributed by atoms with Gasteiger partial charge in [-0.1, -0.05) is 0 Å². The van der Waals surface area contributed by atoms with Crippen molar-refractivity contribution in [3.05, 3.63) is 54.1 Å². The highest BCUT2D eigenvalue weighted by Crippen LogP contribution is 2.41. The molecule has 3 aromatic heterocycles. The lowest BCUT2D eigenvalue weighted by atomic mass is 9.74. The average Bonchev–Trinajstić information content (AvgIpc) is 3.46.